The zero-order valence-corrected chi connectivity index (χ0v) is 13.7. The number of fused-ring (bicyclic) bond motifs is 1. The van der Waals surface area contributed by atoms with Gasteiger partial charge in [0.25, 0.3) is 5.91 Å². The second kappa shape index (κ2) is 6.07. The molecule has 0 atom stereocenters. The van der Waals surface area contributed by atoms with Crippen LogP contribution in [0.1, 0.15) is 35.7 Å². The van der Waals surface area contributed by atoms with E-state index in [1.165, 1.54) is 5.56 Å². The molecule has 1 fully saturated rings. The van der Waals surface area contributed by atoms with Crippen molar-refractivity contribution in [3.8, 4) is 0 Å². The molecule has 1 amide bonds. The molecule has 1 aliphatic rings. The number of hydrogen-bond acceptors (Lipinski definition) is 3. The highest BCUT2D eigenvalue weighted by Gasteiger charge is 2.32. The van der Waals surface area contributed by atoms with Crippen LogP contribution in [0, 0.1) is 0 Å². The summed E-state index contributed by atoms with van der Waals surface area (Å²) in [4.78, 5) is 19.1. The van der Waals surface area contributed by atoms with Gasteiger partial charge in [0.15, 0.2) is 5.65 Å². The van der Waals surface area contributed by atoms with Crippen LogP contribution in [-0.4, -0.2) is 38.2 Å². The van der Waals surface area contributed by atoms with E-state index in [1.54, 1.807) is 12.4 Å². The highest BCUT2D eigenvalue weighted by Crippen LogP contribution is 2.28. The van der Waals surface area contributed by atoms with Crippen LogP contribution < -0.4 is 0 Å². The third-order valence-corrected chi connectivity index (χ3v) is 4.49. The molecular weight excluding hydrogens is 300 g/mol. The van der Waals surface area contributed by atoms with E-state index in [-0.39, 0.29) is 5.91 Å². The predicted octanol–water partition coefficient (Wildman–Crippen LogP) is 3.10. The van der Waals surface area contributed by atoms with Gasteiger partial charge in [-0.25, -0.2) is 9.67 Å². The number of nitrogens with zero attached hydrogens (tertiary/aromatic N) is 4. The van der Waals surface area contributed by atoms with Crippen LogP contribution in [0.15, 0.2) is 48.8 Å². The number of amides is 1. The smallest absolute Gasteiger partial charge is 0.255 e. The Balaban J connectivity index is 1.61. The van der Waals surface area contributed by atoms with Crippen LogP contribution in [-0.2, 0) is 6.54 Å². The summed E-state index contributed by atoms with van der Waals surface area (Å²) in [7, 11) is 0. The molecular formula is C19H20N4O. The fourth-order valence-electron chi connectivity index (χ4n) is 3.08. The average molecular weight is 320 g/mol. The zero-order chi connectivity index (χ0) is 16.5. The summed E-state index contributed by atoms with van der Waals surface area (Å²) in [5.41, 5.74) is 2.63. The van der Waals surface area contributed by atoms with Crippen LogP contribution >= 0.6 is 0 Å². The molecule has 0 N–H and O–H groups in total. The Labute approximate surface area is 140 Å². The van der Waals surface area contributed by atoms with Crippen molar-refractivity contribution in [1.82, 2.24) is 19.7 Å². The van der Waals surface area contributed by atoms with E-state index in [0.29, 0.717) is 18.2 Å². The summed E-state index contributed by atoms with van der Waals surface area (Å²) in [6.07, 6.45) is 5.70. The van der Waals surface area contributed by atoms with Crippen molar-refractivity contribution < 1.29 is 4.79 Å². The van der Waals surface area contributed by atoms with Gasteiger partial charge in [-0.3, -0.25) is 4.79 Å². The number of benzene rings is 1. The van der Waals surface area contributed by atoms with Crippen molar-refractivity contribution in [2.24, 2.45) is 0 Å². The number of aromatic nitrogens is 3. The lowest BCUT2D eigenvalue weighted by Crippen LogP contribution is -2.32. The fraction of sp³-hybridized carbons (Fsp3) is 0.316. The normalized spacial score (nSPS) is 14.0. The van der Waals surface area contributed by atoms with Gasteiger partial charge in [0.2, 0.25) is 0 Å². The summed E-state index contributed by atoms with van der Waals surface area (Å²) in [5, 5.41) is 5.34. The predicted molar refractivity (Wildman–Crippen MR) is 92.8 cm³/mol. The third kappa shape index (κ3) is 2.77. The summed E-state index contributed by atoms with van der Waals surface area (Å²) in [6.45, 7) is 3.45. The molecule has 0 aliphatic heterocycles. The summed E-state index contributed by atoms with van der Waals surface area (Å²) in [5.74, 6) is 0.0743. The molecule has 0 unspecified atom stereocenters. The molecule has 1 saturated carbocycles. The Morgan fingerprint density at radius 2 is 2.04 bits per heavy atom. The zero-order valence-electron chi connectivity index (χ0n) is 13.7. The minimum absolute atomic E-state index is 0.0743. The molecule has 3 aromatic rings. The van der Waals surface area contributed by atoms with E-state index in [0.717, 1.165) is 30.4 Å². The second-order valence-corrected chi connectivity index (χ2v) is 6.25. The van der Waals surface area contributed by atoms with Gasteiger partial charge >= 0.3 is 0 Å². The van der Waals surface area contributed by atoms with E-state index in [9.17, 15) is 4.79 Å². The van der Waals surface area contributed by atoms with Crippen LogP contribution in [0.4, 0.5) is 0 Å². The Hall–Kier alpha value is -2.69. The highest BCUT2D eigenvalue weighted by atomic mass is 16.2. The molecule has 1 aromatic carbocycles. The van der Waals surface area contributed by atoms with E-state index in [1.807, 2.05) is 40.8 Å². The van der Waals surface area contributed by atoms with Crippen molar-refractivity contribution >= 4 is 16.9 Å². The first-order valence-electron chi connectivity index (χ1n) is 8.42. The maximum absolute atomic E-state index is 12.7. The van der Waals surface area contributed by atoms with E-state index in [2.05, 4.69) is 22.2 Å². The Bertz CT molecular complexity index is 867. The van der Waals surface area contributed by atoms with E-state index >= 15 is 0 Å². The highest BCUT2D eigenvalue weighted by molar-refractivity contribution is 5.97. The van der Waals surface area contributed by atoms with E-state index < -0.39 is 0 Å². The molecule has 0 saturated heterocycles. The Kier molecular flexibility index (Phi) is 3.76. The molecule has 122 valence electrons. The summed E-state index contributed by atoms with van der Waals surface area (Å²) in [6, 6.07) is 12.5. The van der Waals surface area contributed by atoms with Crippen molar-refractivity contribution in [2.45, 2.75) is 32.4 Å². The monoisotopic (exact) mass is 320 g/mol. The molecule has 0 radical (unpaired) electrons. The van der Waals surface area contributed by atoms with E-state index in [4.69, 9.17) is 0 Å². The molecule has 0 bridgehead atoms. The van der Waals surface area contributed by atoms with Crippen molar-refractivity contribution in [3.63, 3.8) is 0 Å². The second-order valence-electron chi connectivity index (χ2n) is 6.25. The largest absolute Gasteiger partial charge is 0.336 e. The molecule has 1 aliphatic carbocycles. The van der Waals surface area contributed by atoms with Gasteiger partial charge in [0.1, 0.15) is 0 Å². The first kappa shape index (κ1) is 14.9. The number of rotatable bonds is 5. The molecule has 2 aromatic heterocycles. The first-order valence-corrected chi connectivity index (χ1v) is 8.42. The fourth-order valence-corrected chi connectivity index (χ4v) is 3.08. The third-order valence-electron chi connectivity index (χ3n) is 4.49. The topological polar surface area (TPSA) is 51.0 Å². The summed E-state index contributed by atoms with van der Waals surface area (Å²) >= 11 is 0. The van der Waals surface area contributed by atoms with Gasteiger partial charge in [-0.1, -0.05) is 30.3 Å². The minimum Gasteiger partial charge on any atom is -0.336 e. The molecule has 24 heavy (non-hydrogen) atoms. The van der Waals surface area contributed by atoms with Gasteiger partial charge in [0, 0.05) is 24.2 Å². The number of carbonyl (C=O) groups excluding carboxylic acids is 1. The Morgan fingerprint density at radius 3 is 2.75 bits per heavy atom. The van der Waals surface area contributed by atoms with Gasteiger partial charge in [-0.05, 0) is 31.4 Å². The van der Waals surface area contributed by atoms with Crippen LogP contribution in [0.3, 0.4) is 0 Å². The van der Waals surface area contributed by atoms with Crippen molar-refractivity contribution in [3.05, 3.63) is 59.9 Å². The average Bonchev–Trinajstić information content (AvgIpc) is 3.38. The van der Waals surface area contributed by atoms with Crippen LogP contribution in [0.5, 0.6) is 0 Å². The van der Waals surface area contributed by atoms with Crippen LogP contribution in [0.25, 0.3) is 11.0 Å². The van der Waals surface area contributed by atoms with Crippen molar-refractivity contribution in [2.75, 3.05) is 6.54 Å². The lowest BCUT2D eigenvalue weighted by molar-refractivity contribution is 0.0752. The quantitative estimate of drug-likeness (QED) is 0.726. The van der Waals surface area contributed by atoms with Gasteiger partial charge < -0.3 is 4.90 Å². The lowest BCUT2D eigenvalue weighted by Gasteiger charge is -2.20. The number of pyridine rings is 1. The number of carbonyl (C=O) groups is 1. The molecule has 5 heteroatoms. The minimum atomic E-state index is 0.0743. The standard InChI is InChI=1S/C19H20N4O/c1-2-22(17-8-9-17)19(24)16-10-15-12-21-23(18(15)20-11-16)13-14-6-4-3-5-7-14/h3-7,10-12,17H,2,8-9,13H2,1H3. The molecule has 0 spiro atoms. The maximum atomic E-state index is 12.7. The lowest BCUT2D eigenvalue weighted by atomic mass is 10.2. The number of hydrogen-bond donors (Lipinski definition) is 0. The van der Waals surface area contributed by atoms with Gasteiger partial charge in [-0.2, -0.15) is 5.10 Å². The summed E-state index contributed by atoms with van der Waals surface area (Å²) < 4.78 is 1.87. The maximum Gasteiger partial charge on any atom is 0.255 e. The van der Waals surface area contributed by atoms with Gasteiger partial charge in [0.05, 0.1) is 18.3 Å². The van der Waals surface area contributed by atoms with Crippen LogP contribution in [0.2, 0.25) is 0 Å². The SMILES string of the molecule is CCN(C(=O)c1cnc2c(cnn2Cc2ccccc2)c1)C1CC1. The van der Waals surface area contributed by atoms with Crippen molar-refractivity contribution in [1.29, 1.82) is 0 Å². The molecule has 5 nitrogen and oxygen atoms in total. The first-order chi connectivity index (χ1) is 11.8. The molecule has 4 rings (SSSR count). The van der Waals surface area contributed by atoms with Gasteiger partial charge in [-0.15, -0.1) is 0 Å². The Morgan fingerprint density at radius 1 is 1.25 bits per heavy atom. The molecule has 2 heterocycles.